The van der Waals surface area contributed by atoms with Crippen molar-refractivity contribution in [3.8, 4) is 22.6 Å². The fraction of sp³-hybridized carbons (Fsp3) is 0.323. The second-order valence-electron chi connectivity index (χ2n) is 12.4. The summed E-state index contributed by atoms with van der Waals surface area (Å²) >= 11 is 0. The number of carbonyl (C=O) groups excluding carboxylic acids is 2. The SMILES string of the molecule is CC(C)(C)OC(=O)N(C(=O)OC(C)(C)C)c1nc2cc(-c3nccc(-c4cnn(C(c5ccc(F)cc5)C(F)(F)F)c4)n3)ccn2n1. The molecule has 12 nitrogen and oxygen atoms in total. The van der Waals surface area contributed by atoms with E-state index in [9.17, 15) is 27.2 Å². The summed E-state index contributed by atoms with van der Waals surface area (Å²) in [5.41, 5.74) is -0.829. The lowest BCUT2D eigenvalue weighted by molar-refractivity contribution is -0.159. The lowest BCUT2D eigenvalue weighted by Crippen LogP contribution is -2.44. The highest BCUT2D eigenvalue weighted by Gasteiger charge is 2.43. The number of alkyl halides is 3. The van der Waals surface area contributed by atoms with E-state index in [1.54, 1.807) is 53.7 Å². The third-order valence-electron chi connectivity index (χ3n) is 6.25. The van der Waals surface area contributed by atoms with E-state index in [0.717, 1.165) is 28.9 Å². The fourth-order valence-electron chi connectivity index (χ4n) is 4.36. The number of carbonyl (C=O) groups is 2. The van der Waals surface area contributed by atoms with Gasteiger partial charge in [0.25, 0.3) is 5.95 Å². The number of halogens is 4. The minimum atomic E-state index is -4.72. The number of amides is 2. The monoisotopic (exact) mass is 654 g/mol. The average Bonchev–Trinajstić information content (AvgIpc) is 3.59. The summed E-state index contributed by atoms with van der Waals surface area (Å²) in [7, 11) is 0. The van der Waals surface area contributed by atoms with Crippen LogP contribution in [0.2, 0.25) is 0 Å². The minimum Gasteiger partial charge on any atom is -0.443 e. The first-order valence-corrected chi connectivity index (χ1v) is 14.2. The molecule has 4 heterocycles. The van der Waals surface area contributed by atoms with Crippen LogP contribution in [0.3, 0.4) is 0 Å². The van der Waals surface area contributed by atoms with Crippen LogP contribution >= 0.6 is 0 Å². The summed E-state index contributed by atoms with van der Waals surface area (Å²) in [5, 5.41) is 8.18. The van der Waals surface area contributed by atoms with E-state index in [-0.39, 0.29) is 34.2 Å². The molecule has 0 N–H and O–H groups in total. The second kappa shape index (κ2) is 12.1. The maximum absolute atomic E-state index is 14.1. The van der Waals surface area contributed by atoms with E-state index in [2.05, 4.69) is 25.1 Å². The van der Waals surface area contributed by atoms with Crippen molar-refractivity contribution in [2.45, 2.75) is 65.0 Å². The third-order valence-corrected chi connectivity index (χ3v) is 6.25. The highest BCUT2D eigenvalue weighted by molar-refractivity contribution is 6.08. The van der Waals surface area contributed by atoms with Gasteiger partial charge in [-0.05, 0) is 77.4 Å². The topological polar surface area (TPSA) is 130 Å². The molecule has 0 saturated heterocycles. The highest BCUT2D eigenvalue weighted by atomic mass is 19.4. The van der Waals surface area contributed by atoms with Gasteiger partial charge in [-0.25, -0.2) is 28.5 Å². The lowest BCUT2D eigenvalue weighted by atomic mass is 10.1. The van der Waals surface area contributed by atoms with Gasteiger partial charge >= 0.3 is 18.4 Å². The Labute approximate surface area is 266 Å². The van der Waals surface area contributed by atoms with Crippen LogP contribution in [0.15, 0.2) is 67.3 Å². The molecule has 0 fully saturated rings. The second-order valence-corrected chi connectivity index (χ2v) is 12.4. The predicted octanol–water partition coefficient (Wildman–Crippen LogP) is 7.02. The normalized spacial score (nSPS) is 13.0. The summed E-state index contributed by atoms with van der Waals surface area (Å²) in [5.74, 6) is -0.759. The molecule has 0 aliphatic carbocycles. The highest BCUT2D eigenvalue weighted by Crippen LogP contribution is 2.36. The molecule has 1 aromatic carbocycles. The molecule has 0 bridgehead atoms. The Kier molecular flexibility index (Phi) is 8.47. The Hall–Kier alpha value is -5.41. The van der Waals surface area contributed by atoms with Gasteiger partial charge in [-0.1, -0.05) is 12.1 Å². The van der Waals surface area contributed by atoms with Crippen molar-refractivity contribution < 1.29 is 36.6 Å². The van der Waals surface area contributed by atoms with Crippen molar-refractivity contribution >= 4 is 23.8 Å². The van der Waals surface area contributed by atoms with Gasteiger partial charge in [-0.3, -0.25) is 4.68 Å². The van der Waals surface area contributed by atoms with E-state index in [4.69, 9.17) is 9.47 Å². The quantitative estimate of drug-likeness (QED) is 0.184. The number of rotatable bonds is 5. The number of aromatic nitrogens is 7. The van der Waals surface area contributed by atoms with Crippen molar-refractivity contribution in [1.29, 1.82) is 0 Å². The van der Waals surface area contributed by atoms with Gasteiger partial charge in [0.15, 0.2) is 17.5 Å². The van der Waals surface area contributed by atoms with Crippen molar-refractivity contribution in [2.75, 3.05) is 4.90 Å². The number of anilines is 1. The minimum absolute atomic E-state index is 0.185. The van der Waals surface area contributed by atoms with Crippen LogP contribution in [0.4, 0.5) is 33.1 Å². The summed E-state index contributed by atoms with van der Waals surface area (Å²) in [6.07, 6.45) is -1.41. The lowest BCUT2D eigenvalue weighted by Gasteiger charge is -2.26. The zero-order valence-electron chi connectivity index (χ0n) is 26.2. The summed E-state index contributed by atoms with van der Waals surface area (Å²) in [4.78, 5) is 39.8. The van der Waals surface area contributed by atoms with Crippen LogP contribution in [0.25, 0.3) is 28.3 Å². The molecule has 0 spiro atoms. The van der Waals surface area contributed by atoms with E-state index in [0.29, 0.717) is 10.5 Å². The zero-order valence-corrected chi connectivity index (χ0v) is 26.2. The van der Waals surface area contributed by atoms with Gasteiger partial charge in [0, 0.05) is 29.7 Å². The Morgan fingerprint density at radius 2 is 1.51 bits per heavy atom. The third kappa shape index (κ3) is 7.70. The number of ether oxygens (including phenoxy) is 2. The van der Waals surface area contributed by atoms with E-state index >= 15 is 0 Å². The van der Waals surface area contributed by atoms with Crippen LogP contribution in [-0.2, 0) is 9.47 Å². The van der Waals surface area contributed by atoms with Crippen LogP contribution in [-0.4, -0.2) is 63.9 Å². The first kappa shape index (κ1) is 33.0. The van der Waals surface area contributed by atoms with E-state index in [1.165, 1.54) is 35.4 Å². The maximum atomic E-state index is 14.1. The van der Waals surface area contributed by atoms with E-state index < -0.39 is 41.4 Å². The summed E-state index contributed by atoms with van der Waals surface area (Å²) in [6.45, 7) is 9.84. The molecule has 5 rings (SSSR count). The smallest absolute Gasteiger partial charge is 0.427 e. The average molecular weight is 655 g/mol. The van der Waals surface area contributed by atoms with Crippen molar-refractivity contribution in [1.82, 2.24) is 34.3 Å². The maximum Gasteiger partial charge on any atom is 0.427 e. The number of imide groups is 1. The van der Waals surface area contributed by atoms with Crippen LogP contribution < -0.4 is 4.90 Å². The Balaban J connectivity index is 1.46. The zero-order chi connectivity index (χ0) is 34.3. The number of hydrogen-bond acceptors (Lipinski definition) is 9. The summed E-state index contributed by atoms with van der Waals surface area (Å²) in [6, 6.07) is 6.55. The number of pyridine rings is 1. The van der Waals surface area contributed by atoms with Crippen molar-refractivity contribution in [2.24, 2.45) is 0 Å². The molecule has 5 aromatic rings. The van der Waals surface area contributed by atoms with E-state index in [1.807, 2.05) is 0 Å². The Morgan fingerprint density at radius 3 is 2.11 bits per heavy atom. The van der Waals surface area contributed by atoms with Gasteiger partial charge in [-0.2, -0.15) is 23.3 Å². The fourth-order valence-corrected chi connectivity index (χ4v) is 4.36. The van der Waals surface area contributed by atoms with Crippen molar-refractivity contribution in [3.05, 3.63) is 78.6 Å². The predicted molar refractivity (Wildman–Crippen MR) is 161 cm³/mol. The van der Waals surface area contributed by atoms with Crippen LogP contribution in [0.5, 0.6) is 0 Å². The largest absolute Gasteiger partial charge is 0.443 e. The van der Waals surface area contributed by atoms with Crippen LogP contribution in [0.1, 0.15) is 53.1 Å². The van der Waals surface area contributed by atoms with Gasteiger partial charge in [-0.15, -0.1) is 10.00 Å². The molecule has 0 saturated carbocycles. The number of hydrogen-bond donors (Lipinski definition) is 0. The van der Waals surface area contributed by atoms with Gasteiger partial charge < -0.3 is 9.47 Å². The Bertz CT molecular complexity index is 1900. The first-order chi connectivity index (χ1) is 21.9. The van der Waals surface area contributed by atoms with Crippen molar-refractivity contribution in [3.63, 3.8) is 0 Å². The van der Waals surface area contributed by atoms with Crippen LogP contribution in [0, 0.1) is 5.82 Å². The number of nitrogens with zero attached hydrogens (tertiary/aromatic N) is 8. The molecule has 4 aromatic heterocycles. The molecule has 0 aliphatic rings. The molecule has 1 atom stereocenters. The number of fused-ring (bicyclic) bond motifs is 1. The standard InChI is InChI=1S/C31H30F4N8O4/c1-29(2,3)46-27(44)43(28(45)47-30(4,5)6)26-39-23-15-19(12-14-41(23)40-26)25-36-13-11-22(38-25)20-16-37-42(17-20)24(31(33,34)35)18-7-9-21(32)10-8-18/h7-17,24H,1-6H3. The molecule has 0 aliphatic heterocycles. The Morgan fingerprint density at radius 1 is 0.872 bits per heavy atom. The number of benzene rings is 1. The van der Waals surface area contributed by atoms with Gasteiger partial charge in [0.05, 0.1) is 11.9 Å². The molecule has 47 heavy (non-hydrogen) atoms. The molecular weight excluding hydrogens is 624 g/mol. The molecule has 1 unspecified atom stereocenters. The molecule has 0 radical (unpaired) electrons. The first-order valence-electron chi connectivity index (χ1n) is 14.2. The summed E-state index contributed by atoms with van der Waals surface area (Å²) < 4.78 is 68.4. The molecule has 16 heteroatoms. The van der Waals surface area contributed by atoms with Gasteiger partial charge in [0.1, 0.15) is 17.0 Å². The molecule has 246 valence electrons. The molecular formula is C31H30F4N8O4. The van der Waals surface area contributed by atoms with Gasteiger partial charge in [0.2, 0.25) is 0 Å². The molecule has 2 amide bonds.